The molecule has 0 amide bonds. The highest BCUT2D eigenvalue weighted by atomic mass is 19.4. The van der Waals surface area contributed by atoms with Gasteiger partial charge in [-0.05, 0) is 63.4 Å². The molecule has 2 fully saturated rings. The molecular weight excluding hydrogens is 353 g/mol. The van der Waals surface area contributed by atoms with Crippen molar-refractivity contribution in [2.45, 2.75) is 64.1 Å². The van der Waals surface area contributed by atoms with Crippen molar-refractivity contribution in [3.05, 3.63) is 29.3 Å². The molecule has 150 valence electrons. The van der Waals surface area contributed by atoms with E-state index in [1.54, 1.807) is 6.07 Å². The van der Waals surface area contributed by atoms with Crippen LogP contribution >= 0.6 is 0 Å². The quantitative estimate of drug-likeness (QED) is 0.636. The van der Waals surface area contributed by atoms with Gasteiger partial charge >= 0.3 is 6.18 Å². The zero-order valence-corrected chi connectivity index (χ0v) is 16.0. The van der Waals surface area contributed by atoms with Crippen LogP contribution in [0.4, 0.5) is 18.9 Å². The number of hydrogen-bond donors (Lipinski definition) is 0. The molecule has 0 spiro atoms. The second kappa shape index (κ2) is 8.63. The van der Waals surface area contributed by atoms with E-state index >= 15 is 0 Å². The second-order valence-corrected chi connectivity index (χ2v) is 7.75. The van der Waals surface area contributed by atoms with E-state index in [9.17, 15) is 18.0 Å². The first-order valence-corrected chi connectivity index (χ1v) is 10.1. The Morgan fingerprint density at radius 2 is 1.74 bits per heavy atom. The Morgan fingerprint density at radius 1 is 1.07 bits per heavy atom. The van der Waals surface area contributed by atoms with E-state index in [1.165, 1.54) is 18.9 Å². The summed E-state index contributed by atoms with van der Waals surface area (Å²) < 4.78 is 40.1. The molecule has 1 aromatic carbocycles. The van der Waals surface area contributed by atoms with Gasteiger partial charge in [-0.3, -0.25) is 4.79 Å². The topological polar surface area (TPSA) is 23.6 Å². The molecule has 2 heterocycles. The summed E-state index contributed by atoms with van der Waals surface area (Å²) in [4.78, 5) is 16.9. The molecule has 3 rings (SSSR count). The van der Waals surface area contributed by atoms with Crippen molar-refractivity contribution >= 4 is 11.5 Å². The number of unbranched alkanes of at least 4 members (excludes halogenated alkanes) is 1. The van der Waals surface area contributed by atoms with Gasteiger partial charge in [0.15, 0.2) is 5.78 Å². The van der Waals surface area contributed by atoms with E-state index in [1.807, 2.05) is 11.8 Å². The van der Waals surface area contributed by atoms with Gasteiger partial charge in [-0.15, -0.1) is 0 Å². The number of ketones is 1. The molecule has 6 heteroatoms. The van der Waals surface area contributed by atoms with E-state index in [4.69, 9.17) is 0 Å². The second-order valence-electron chi connectivity index (χ2n) is 7.75. The minimum Gasteiger partial charge on any atom is -0.371 e. The first-order valence-electron chi connectivity index (χ1n) is 10.1. The number of likely N-dealkylation sites (tertiary alicyclic amines) is 1. The molecule has 0 aromatic heterocycles. The summed E-state index contributed by atoms with van der Waals surface area (Å²) >= 11 is 0. The van der Waals surface area contributed by atoms with Crippen LogP contribution < -0.4 is 4.90 Å². The molecule has 0 unspecified atom stereocenters. The number of anilines is 1. The third kappa shape index (κ3) is 5.03. The predicted molar refractivity (Wildman–Crippen MR) is 101 cm³/mol. The molecule has 0 atom stereocenters. The number of halogens is 3. The van der Waals surface area contributed by atoms with E-state index < -0.39 is 11.7 Å². The number of carbonyl (C=O) groups is 1. The lowest BCUT2D eigenvalue weighted by atomic mass is 9.99. The maximum Gasteiger partial charge on any atom is 0.416 e. The van der Waals surface area contributed by atoms with Gasteiger partial charge in [-0.25, -0.2) is 0 Å². The summed E-state index contributed by atoms with van der Waals surface area (Å²) in [5.74, 6) is -0.198. The van der Waals surface area contributed by atoms with Crippen molar-refractivity contribution in [2.24, 2.45) is 0 Å². The lowest BCUT2D eigenvalue weighted by Gasteiger charge is -2.38. The van der Waals surface area contributed by atoms with Crippen LogP contribution in [0.2, 0.25) is 0 Å². The van der Waals surface area contributed by atoms with Gasteiger partial charge in [0, 0.05) is 36.8 Å². The Balaban J connectivity index is 1.76. The first kappa shape index (κ1) is 20.2. The number of nitrogens with zero attached hydrogens (tertiary/aromatic N) is 2. The van der Waals surface area contributed by atoms with E-state index in [0.29, 0.717) is 24.6 Å². The standard InChI is InChI=1S/C21H29F3N2O/c1-2-3-6-20(27)16-13-17(21(22,23)24)15-19(14-16)26-11-7-18(8-12-26)25-9-4-5-10-25/h13-15,18H,2-12H2,1H3. The molecule has 1 aromatic rings. The summed E-state index contributed by atoms with van der Waals surface area (Å²) in [6.45, 7) is 5.74. The summed E-state index contributed by atoms with van der Waals surface area (Å²) in [7, 11) is 0. The molecule has 0 radical (unpaired) electrons. The smallest absolute Gasteiger partial charge is 0.371 e. The molecule has 0 aliphatic carbocycles. The summed E-state index contributed by atoms with van der Waals surface area (Å²) in [5.41, 5.74) is 0.000927. The summed E-state index contributed by atoms with van der Waals surface area (Å²) in [6.07, 6.45) is 1.84. The van der Waals surface area contributed by atoms with Crippen molar-refractivity contribution in [3.8, 4) is 0 Å². The molecule has 3 nitrogen and oxygen atoms in total. The molecule has 2 aliphatic rings. The van der Waals surface area contributed by atoms with Crippen LogP contribution in [0.5, 0.6) is 0 Å². The van der Waals surface area contributed by atoms with Crippen LogP contribution in [-0.2, 0) is 6.18 Å². The number of Topliss-reactive ketones (excluding diaryl/α,β-unsaturated/α-hetero) is 1. The molecular formula is C21H29F3N2O. The van der Waals surface area contributed by atoms with Gasteiger partial charge in [0.25, 0.3) is 0 Å². The van der Waals surface area contributed by atoms with Crippen molar-refractivity contribution in [1.82, 2.24) is 4.90 Å². The van der Waals surface area contributed by atoms with Crippen LogP contribution in [0.15, 0.2) is 18.2 Å². The van der Waals surface area contributed by atoms with Gasteiger partial charge in [-0.2, -0.15) is 13.2 Å². The zero-order chi connectivity index (χ0) is 19.4. The molecule has 0 saturated carbocycles. The number of piperidine rings is 1. The SMILES string of the molecule is CCCCC(=O)c1cc(N2CCC(N3CCCC3)CC2)cc(C(F)(F)F)c1. The van der Waals surface area contributed by atoms with Crippen molar-refractivity contribution < 1.29 is 18.0 Å². The molecule has 0 bridgehead atoms. The third-order valence-electron chi connectivity index (χ3n) is 5.81. The van der Waals surface area contributed by atoms with E-state index in [2.05, 4.69) is 4.90 Å². The van der Waals surface area contributed by atoms with Gasteiger partial charge in [0.05, 0.1) is 5.56 Å². The van der Waals surface area contributed by atoms with Crippen LogP contribution in [0, 0.1) is 0 Å². The average Bonchev–Trinajstić information content (AvgIpc) is 3.20. The maximum atomic E-state index is 13.4. The van der Waals surface area contributed by atoms with E-state index in [0.717, 1.165) is 51.5 Å². The Morgan fingerprint density at radius 3 is 2.33 bits per heavy atom. The Bertz CT molecular complexity index is 645. The molecule has 2 saturated heterocycles. The molecule has 2 aliphatic heterocycles. The Kier molecular flexibility index (Phi) is 6.45. The van der Waals surface area contributed by atoms with Gasteiger partial charge < -0.3 is 9.80 Å². The molecule has 0 N–H and O–H groups in total. The number of benzene rings is 1. The van der Waals surface area contributed by atoms with Crippen molar-refractivity contribution in [3.63, 3.8) is 0 Å². The highest BCUT2D eigenvalue weighted by molar-refractivity contribution is 5.97. The number of alkyl halides is 3. The average molecular weight is 382 g/mol. The van der Waals surface area contributed by atoms with Crippen molar-refractivity contribution in [2.75, 3.05) is 31.1 Å². The first-order chi connectivity index (χ1) is 12.9. The van der Waals surface area contributed by atoms with Crippen LogP contribution in [-0.4, -0.2) is 42.9 Å². The largest absolute Gasteiger partial charge is 0.416 e. The minimum atomic E-state index is -4.44. The monoisotopic (exact) mass is 382 g/mol. The fraction of sp³-hybridized carbons (Fsp3) is 0.667. The normalized spacial score (nSPS) is 19.6. The van der Waals surface area contributed by atoms with Crippen LogP contribution in [0.3, 0.4) is 0 Å². The molecule has 27 heavy (non-hydrogen) atoms. The lowest BCUT2D eigenvalue weighted by Crippen LogP contribution is -2.44. The fourth-order valence-electron chi connectivity index (χ4n) is 4.20. The van der Waals surface area contributed by atoms with E-state index in [-0.39, 0.29) is 11.3 Å². The van der Waals surface area contributed by atoms with Gasteiger partial charge in [0.1, 0.15) is 0 Å². The van der Waals surface area contributed by atoms with Gasteiger partial charge in [-0.1, -0.05) is 13.3 Å². The Hall–Kier alpha value is -1.56. The predicted octanol–water partition coefficient (Wildman–Crippen LogP) is 5.14. The Labute approximate surface area is 159 Å². The zero-order valence-electron chi connectivity index (χ0n) is 16.0. The summed E-state index contributed by atoms with van der Waals surface area (Å²) in [5, 5.41) is 0. The lowest BCUT2D eigenvalue weighted by molar-refractivity contribution is -0.137. The fourth-order valence-corrected chi connectivity index (χ4v) is 4.20. The highest BCUT2D eigenvalue weighted by Crippen LogP contribution is 2.34. The van der Waals surface area contributed by atoms with Crippen molar-refractivity contribution in [1.29, 1.82) is 0 Å². The van der Waals surface area contributed by atoms with Crippen LogP contribution in [0.1, 0.15) is 67.8 Å². The minimum absolute atomic E-state index is 0.190. The van der Waals surface area contributed by atoms with Gasteiger partial charge in [0.2, 0.25) is 0 Å². The third-order valence-corrected chi connectivity index (χ3v) is 5.81. The number of rotatable bonds is 6. The van der Waals surface area contributed by atoms with Crippen LogP contribution in [0.25, 0.3) is 0 Å². The highest BCUT2D eigenvalue weighted by Gasteiger charge is 2.33. The summed E-state index contributed by atoms with van der Waals surface area (Å²) in [6, 6.07) is 4.41. The number of carbonyl (C=O) groups excluding carboxylic acids is 1. The maximum absolute atomic E-state index is 13.4. The number of hydrogen-bond acceptors (Lipinski definition) is 3.